The number of anilines is 1. The van der Waals surface area contributed by atoms with Crippen molar-refractivity contribution in [3.05, 3.63) is 76.8 Å². The number of nitrogens with one attached hydrogen (secondary N) is 1. The van der Waals surface area contributed by atoms with Crippen molar-refractivity contribution >= 4 is 28.9 Å². The van der Waals surface area contributed by atoms with Crippen LogP contribution in [-0.4, -0.2) is 29.6 Å². The number of hydrogen-bond acceptors (Lipinski definition) is 4. The minimum Gasteiger partial charge on any atom is -0.506 e. The lowest BCUT2D eigenvalue weighted by molar-refractivity contribution is 0.0958. The van der Waals surface area contributed by atoms with Crippen LogP contribution in [0.5, 0.6) is 0 Å². The molecule has 3 rings (SSSR count). The molecule has 6 heteroatoms. The molecule has 1 amide bonds. The van der Waals surface area contributed by atoms with Gasteiger partial charge in [-0.3, -0.25) is 9.78 Å². The van der Waals surface area contributed by atoms with Crippen LogP contribution in [0.2, 0.25) is 5.02 Å². The third-order valence-electron chi connectivity index (χ3n) is 3.69. The van der Waals surface area contributed by atoms with Gasteiger partial charge in [-0.1, -0.05) is 23.7 Å². The predicted molar refractivity (Wildman–Crippen MR) is 95.1 cm³/mol. The Kier molecular flexibility index (Phi) is 4.53. The molecule has 1 aliphatic rings. The summed E-state index contributed by atoms with van der Waals surface area (Å²) in [6.07, 6.45) is 5.06. The SMILES string of the molecule is CNC(=O)c1cc(C2=C(O)C=CCN2c2cccc(Cl)c2)ccn1. The molecule has 1 aliphatic heterocycles. The van der Waals surface area contributed by atoms with Crippen LogP contribution in [0.15, 0.2) is 60.5 Å². The fourth-order valence-electron chi connectivity index (χ4n) is 2.59. The number of rotatable bonds is 3. The highest BCUT2D eigenvalue weighted by molar-refractivity contribution is 6.30. The van der Waals surface area contributed by atoms with Crippen molar-refractivity contribution in [1.29, 1.82) is 0 Å². The van der Waals surface area contributed by atoms with E-state index in [2.05, 4.69) is 10.3 Å². The van der Waals surface area contributed by atoms with Gasteiger partial charge in [0.05, 0.1) is 5.70 Å². The molecule has 0 spiro atoms. The van der Waals surface area contributed by atoms with Crippen LogP contribution in [0, 0.1) is 0 Å². The van der Waals surface area contributed by atoms with Crippen molar-refractivity contribution in [2.24, 2.45) is 0 Å². The summed E-state index contributed by atoms with van der Waals surface area (Å²) in [7, 11) is 1.55. The van der Waals surface area contributed by atoms with Crippen molar-refractivity contribution in [3.8, 4) is 0 Å². The lowest BCUT2D eigenvalue weighted by atomic mass is 10.1. The topological polar surface area (TPSA) is 65.5 Å². The van der Waals surface area contributed by atoms with Gasteiger partial charge in [0.15, 0.2) is 0 Å². The van der Waals surface area contributed by atoms with Gasteiger partial charge in [-0.25, -0.2) is 0 Å². The second kappa shape index (κ2) is 6.76. The lowest BCUT2D eigenvalue weighted by Gasteiger charge is -2.29. The number of allylic oxidation sites excluding steroid dienone is 1. The Hall–Kier alpha value is -2.79. The smallest absolute Gasteiger partial charge is 0.269 e. The average molecular weight is 342 g/mol. The summed E-state index contributed by atoms with van der Waals surface area (Å²) in [4.78, 5) is 17.8. The fourth-order valence-corrected chi connectivity index (χ4v) is 2.78. The lowest BCUT2D eigenvalue weighted by Crippen LogP contribution is -2.26. The first kappa shape index (κ1) is 16.1. The van der Waals surface area contributed by atoms with Crippen LogP contribution in [0.1, 0.15) is 16.1 Å². The van der Waals surface area contributed by atoms with Gasteiger partial charge in [0, 0.05) is 36.1 Å². The van der Waals surface area contributed by atoms with Gasteiger partial charge in [0.1, 0.15) is 11.5 Å². The zero-order chi connectivity index (χ0) is 17.1. The van der Waals surface area contributed by atoms with Crippen molar-refractivity contribution in [3.63, 3.8) is 0 Å². The third-order valence-corrected chi connectivity index (χ3v) is 3.92. The van der Waals surface area contributed by atoms with Crippen LogP contribution in [0.25, 0.3) is 5.70 Å². The summed E-state index contributed by atoms with van der Waals surface area (Å²) in [6.45, 7) is 0.581. The first-order valence-electron chi connectivity index (χ1n) is 7.41. The molecule has 1 aromatic carbocycles. The van der Waals surface area contributed by atoms with Gasteiger partial charge >= 0.3 is 0 Å². The zero-order valence-corrected chi connectivity index (χ0v) is 13.8. The normalized spacial score (nSPS) is 14.0. The van der Waals surface area contributed by atoms with Crippen LogP contribution < -0.4 is 10.2 Å². The molecule has 122 valence electrons. The number of amides is 1. The fraction of sp³-hybridized carbons (Fsp3) is 0.111. The van der Waals surface area contributed by atoms with E-state index >= 15 is 0 Å². The van der Waals surface area contributed by atoms with Gasteiger partial charge in [-0.15, -0.1) is 0 Å². The molecule has 0 saturated carbocycles. The molecule has 0 fully saturated rings. The van der Waals surface area contributed by atoms with E-state index in [1.807, 2.05) is 29.2 Å². The third kappa shape index (κ3) is 3.12. The molecule has 0 bridgehead atoms. The van der Waals surface area contributed by atoms with E-state index in [9.17, 15) is 9.90 Å². The number of nitrogens with zero attached hydrogens (tertiary/aromatic N) is 2. The van der Waals surface area contributed by atoms with E-state index in [1.165, 1.54) is 0 Å². The number of benzene rings is 1. The largest absolute Gasteiger partial charge is 0.506 e. The summed E-state index contributed by atoms with van der Waals surface area (Å²) in [5.74, 6) is -0.159. The summed E-state index contributed by atoms with van der Waals surface area (Å²) < 4.78 is 0. The summed E-state index contributed by atoms with van der Waals surface area (Å²) in [5.41, 5.74) is 2.44. The highest BCUT2D eigenvalue weighted by Gasteiger charge is 2.21. The maximum Gasteiger partial charge on any atom is 0.269 e. The molecular weight excluding hydrogens is 326 g/mol. The Labute approximate surface area is 144 Å². The first-order valence-corrected chi connectivity index (χ1v) is 7.79. The Morgan fingerprint density at radius 3 is 2.92 bits per heavy atom. The highest BCUT2D eigenvalue weighted by atomic mass is 35.5. The molecule has 2 N–H and O–H groups in total. The number of hydrogen-bond donors (Lipinski definition) is 2. The zero-order valence-electron chi connectivity index (χ0n) is 13.0. The van der Waals surface area contributed by atoms with E-state index in [0.29, 0.717) is 22.8 Å². The van der Waals surface area contributed by atoms with E-state index in [1.54, 1.807) is 37.5 Å². The van der Waals surface area contributed by atoms with Gasteiger partial charge in [-0.2, -0.15) is 0 Å². The maximum absolute atomic E-state index is 11.8. The van der Waals surface area contributed by atoms with E-state index < -0.39 is 0 Å². The maximum atomic E-state index is 11.8. The van der Waals surface area contributed by atoms with Crippen molar-refractivity contribution in [2.45, 2.75) is 0 Å². The van der Waals surface area contributed by atoms with Gasteiger partial charge in [0.25, 0.3) is 5.91 Å². The molecule has 1 aromatic heterocycles. The number of aliphatic hydroxyl groups excluding tert-OH is 1. The Morgan fingerprint density at radius 1 is 1.33 bits per heavy atom. The molecule has 5 nitrogen and oxygen atoms in total. The Morgan fingerprint density at radius 2 is 2.17 bits per heavy atom. The highest BCUT2D eigenvalue weighted by Crippen LogP contribution is 2.32. The van der Waals surface area contributed by atoms with E-state index in [-0.39, 0.29) is 17.4 Å². The molecule has 2 aromatic rings. The molecular formula is C18H16ClN3O2. The number of aromatic nitrogens is 1. The summed E-state index contributed by atoms with van der Waals surface area (Å²) in [5, 5.41) is 13.6. The number of aliphatic hydroxyl groups is 1. The first-order chi connectivity index (χ1) is 11.6. The number of carbonyl (C=O) groups is 1. The van der Waals surface area contributed by atoms with Crippen LogP contribution in [0.4, 0.5) is 5.69 Å². The summed E-state index contributed by atoms with van der Waals surface area (Å²) >= 11 is 6.09. The minimum absolute atomic E-state index is 0.121. The van der Waals surface area contributed by atoms with Crippen LogP contribution >= 0.6 is 11.6 Å². The minimum atomic E-state index is -0.280. The monoisotopic (exact) mass is 341 g/mol. The van der Waals surface area contributed by atoms with Gasteiger partial charge in [0.2, 0.25) is 0 Å². The number of pyridine rings is 1. The second-order valence-corrected chi connectivity index (χ2v) is 5.67. The second-order valence-electron chi connectivity index (χ2n) is 5.24. The van der Waals surface area contributed by atoms with E-state index in [4.69, 9.17) is 11.6 Å². The van der Waals surface area contributed by atoms with Crippen LogP contribution in [0.3, 0.4) is 0 Å². The molecule has 24 heavy (non-hydrogen) atoms. The summed E-state index contributed by atoms with van der Waals surface area (Å²) in [6, 6.07) is 10.8. The number of halogens is 1. The predicted octanol–water partition coefficient (Wildman–Crippen LogP) is 3.40. The average Bonchev–Trinajstić information content (AvgIpc) is 2.61. The molecule has 2 heterocycles. The van der Waals surface area contributed by atoms with Crippen LogP contribution in [-0.2, 0) is 0 Å². The van der Waals surface area contributed by atoms with Gasteiger partial charge < -0.3 is 15.3 Å². The van der Waals surface area contributed by atoms with Crippen molar-refractivity contribution in [1.82, 2.24) is 10.3 Å². The molecule has 0 atom stereocenters. The molecule has 0 radical (unpaired) electrons. The Balaban J connectivity index is 2.08. The van der Waals surface area contributed by atoms with Gasteiger partial charge in [-0.05, 0) is 36.4 Å². The standard InChI is InChI=1S/C18H16ClN3O2/c1-20-18(24)15-10-12(7-8-21-15)17-16(23)6-3-9-22(17)14-5-2-4-13(19)11-14/h2-8,10-11,23H,9H2,1H3,(H,20,24). The quantitative estimate of drug-likeness (QED) is 0.898. The molecule has 0 saturated heterocycles. The molecule has 0 unspecified atom stereocenters. The van der Waals surface area contributed by atoms with Crippen molar-refractivity contribution < 1.29 is 9.90 Å². The Bertz CT molecular complexity index is 846. The van der Waals surface area contributed by atoms with E-state index in [0.717, 1.165) is 5.69 Å². The van der Waals surface area contributed by atoms with Crippen molar-refractivity contribution in [2.75, 3.05) is 18.5 Å². The number of carbonyl (C=O) groups excluding carboxylic acids is 1. The molecule has 0 aliphatic carbocycles.